The Morgan fingerprint density at radius 1 is 1.50 bits per heavy atom. The molecule has 0 bridgehead atoms. The maximum Gasteiger partial charge on any atom is 0.454 e. The predicted molar refractivity (Wildman–Crippen MR) is 73.6 cm³/mol. The molecule has 0 fully saturated rings. The van der Waals surface area contributed by atoms with Gasteiger partial charge in [0, 0.05) is 18.8 Å². The quantitative estimate of drug-likeness (QED) is 0.644. The summed E-state index contributed by atoms with van der Waals surface area (Å²) in [7, 11) is 0. The number of nitrogens with zero attached hydrogens (tertiary/aromatic N) is 1. The summed E-state index contributed by atoms with van der Waals surface area (Å²) in [5, 5.41) is 3.33. The first-order chi connectivity index (χ1) is 9.32. The molecule has 110 valence electrons. The largest absolute Gasteiger partial charge is 0.454 e. The normalized spacial score (nSPS) is 12.3. The second-order valence-electron chi connectivity index (χ2n) is 3.74. The van der Waals surface area contributed by atoms with Gasteiger partial charge in [0.05, 0.1) is 5.03 Å². The van der Waals surface area contributed by atoms with Crippen molar-refractivity contribution in [1.29, 1.82) is 0 Å². The van der Waals surface area contributed by atoms with E-state index in [9.17, 15) is 18.0 Å². The number of rotatable bonds is 6. The zero-order valence-electron chi connectivity index (χ0n) is 10.5. The Morgan fingerprint density at radius 3 is 2.70 bits per heavy atom. The number of halogens is 4. The highest BCUT2D eigenvalue weighted by Crippen LogP contribution is 2.19. The number of hydrogen-bond acceptors (Lipinski definition) is 4. The van der Waals surface area contributed by atoms with E-state index in [1.165, 1.54) is 0 Å². The first kappa shape index (κ1) is 16.8. The molecule has 1 aromatic rings. The molecular weight excluding hydrogens is 313 g/mol. The van der Waals surface area contributed by atoms with Crippen molar-refractivity contribution >= 4 is 29.1 Å². The molecule has 1 rings (SSSR count). The lowest BCUT2D eigenvalue weighted by Crippen LogP contribution is -2.23. The number of carbonyl (C=O) groups excluding carboxylic acids is 1. The standard InChI is InChI=1S/C12H12ClF3N2OS/c1-20-11(6-9(19)12(14,15)16)17-5-4-8-2-3-10(13)18-7-8/h2-3,6-7,17H,4-5H2,1H3/b11-6-. The van der Waals surface area contributed by atoms with Gasteiger partial charge >= 0.3 is 6.18 Å². The lowest BCUT2D eigenvalue weighted by molar-refractivity contribution is -0.165. The van der Waals surface area contributed by atoms with Gasteiger partial charge in [-0.3, -0.25) is 4.79 Å². The van der Waals surface area contributed by atoms with Gasteiger partial charge in [-0.05, 0) is 24.3 Å². The highest BCUT2D eigenvalue weighted by Gasteiger charge is 2.36. The smallest absolute Gasteiger partial charge is 0.379 e. The first-order valence-electron chi connectivity index (χ1n) is 5.54. The molecule has 0 aliphatic carbocycles. The molecular formula is C12H12ClF3N2OS. The minimum atomic E-state index is -4.84. The topological polar surface area (TPSA) is 42.0 Å². The van der Waals surface area contributed by atoms with Crippen molar-refractivity contribution in [2.24, 2.45) is 0 Å². The van der Waals surface area contributed by atoms with Gasteiger partial charge in [-0.15, -0.1) is 11.8 Å². The van der Waals surface area contributed by atoms with Crippen LogP contribution in [0.3, 0.4) is 0 Å². The minimum Gasteiger partial charge on any atom is -0.379 e. The van der Waals surface area contributed by atoms with Crippen molar-refractivity contribution in [3.05, 3.63) is 40.2 Å². The number of aromatic nitrogens is 1. The fourth-order valence-electron chi connectivity index (χ4n) is 1.27. The van der Waals surface area contributed by atoms with E-state index in [0.29, 0.717) is 24.2 Å². The third-order valence-electron chi connectivity index (χ3n) is 2.26. The number of allylic oxidation sites excluding steroid dienone is 1. The SMILES string of the molecule is CS/C(=C\C(=O)C(F)(F)F)NCCc1ccc(Cl)nc1. The van der Waals surface area contributed by atoms with E-state index in [0.717, 1.165) is 17.3 Å². The average Bonchev–Trinajstić information content (AvgIpc) is 2.38. The van der Waals surface area contributed by atoms with Gasteiger partial charge in [-0.2, -0.15) is 13.2 Å². The van der Waals surface area contributed by atoms with Gasteiger partial charge in [0.2, 0.25) is 0 Å². The van der Waals surface area contributed by atoms with Gasteiger partial charge in [-0.1, -0.05) is 17.7 Å². The lowest BCUT2D eigenvalue weighted by Gasteiger charge is -2.09. The molecule has 8 heteroatoms. The monoisotopic (exact) mass is 324 g/mol. The zero-order chi connectivity index (χ0) is 15.2. The number of nitrogens with one attached hydrogen (secondary N) is 1. The molecule has 0 aliphatic rings. The van der Waals surface area contributed by atoms with E-state index in [1.807, 2.05) is 0 Å². The highest BCUT2D eigenvalue weighted by molar-refractivity contribution is 8.02. The molecule has 0 radical (unpaired) electrons. The van der Waals surface area contributed by atoms with Crippen LogP contribution in [0.25, 0.3) is 0 Å². The molecule has 3 nitrogen and oxygen atoms in total. The number of pyridine rings is 1. The Bertz CT molecular complexity index is 488. The summed E-state index contributed by atoms with van der Waals surface area (Å²) < 4.78 is 36.4. The van der Waals surface area contributed by atoms with Crippen LogP contribution in [0.4, 0.5) is 13.2 Å². The molecule has 0 saturated carbocycles. The summed E-state index contributed by atoms with van der Waals surface area (Å²) in [6.07, 6.45) is -0.546. The van der Waals surface area contributed by atoms with Crippen molar-refractivity contribution in [3.8, 4) is 0 Å². The maximum absolute atomic E-state index is 12.1. The third kappa shape index (κ3) is 5.83. The zero-order valence-corrected chi connectivity index (χ0v) is 12.1. The fraction of sp³-hybridized carbons (Fsp3) is 0.333. The molecule has 0 spiro atoms. The highest BCUT2D eigenvalue weighted by atomic mass is 35.5. The maximum atomic E-state index is 12.1. The van der Waals surface area contributed by atoms with Crippen LogP contribution in [0, 0.1) is 0 Å². The first-order valence-corrected chi connectivity index (χ1v) is 7.14. The molecule has 0 unspecified atom stereocenters. The van der Waals surface area contributed by atoms with Crippen LogP contribution in [0.1, 0.15) is 5.56 Å². The van der Waals surface area contributed by atoms with E-state index in [-0.39, 0.29) is 5.03 Å². The number of carbonyl (C=O) groups is 1. The molecule has 20 heavy (non-hydrogen) atoms. The number of thioether (sulfide) groups is 1. The van der Waals surface area contributed by atoms with Crippen LogP contribution in [-0.4, -0.2) is 29.7 Å². The van der Waals surface area contributed by atoms with E-state index in [4.69, 9.17) is 11.6 Å². The summed E-state index contributed by atoms with van der Waals surface area (Å²) in [5.41, 5.74) is 0.893. The van der Waals surface area contributed by atoms with Gasteiger partial charge in [0.1, 0.15) is 5.15 Å². The number of ketones is 1. The fourth-order valence-corrected chi connectivity index (χ4v) is 1.85. The lowest BCUT2D eigenvalue weighted by atomic mass is 10.2. The van der Waals surface area contributed by atoms with E-state index >= 15 is 0 Å². The summed E-state index contributed by atoms with van der Waals surface area (Å²) in [6.45, 7) is 0.390. The summed E-state index contributed by atoms with van der Waals surface area (Å²) in [6, 6.07) is 3.41. The van der Waals surface area contributed by atoms with Crippen molar-refractivity contribution < 1.29 is 18.0 Å². The van der Waals surface area contributed by atoms with Crippen molar-refractivity contribution in [2.45, 2.75) is 12.6 Å². The van der Waals surface area contributed by atoms with Crippen LogP contribution in [-0.2, 0) is 11.2 Å². The molecule has 1 aromatic heterocycles. The van der Waals surface area contributed by atoms with E-state index in [1.54, 1.807) is 24.6 Å². The van der Waals surface area contributed by atoms with E-state index < -0.39 is 12.0 Å². The Hall–Kier alpha value is -1.21. The molecule has 0 saturated heterocycles. The summed E-state index contributed by atoms with van der Waals surface area (Å²) in [5.74, 6) is -1.87. The third-order valence-corrected chi connectivity index (χ3v) is 3.19. The summed E-state index contributed by atoms with van der Waals surface area (Å²) >= 11 is 6.68. The second-order valence-corrected chi connectivity index (χ2v) is 4.98. The van der Waals surface area contributed by atoms with Crippen LogP contribution in [0.2, 0.25) is 5.15 Å². The average molecular weight is 325 g/mol. The molecule has 0 aliphatic heterocycles. The Kier molecular flexibility index (Phi) is 6.35. The molecule has 1 heterocycles. The molecule has 1 N–H and O–H groups in total. The van der Waals surface area contributed by atoms with Crippen LogP contribution in [0.15, 0.2) is 29.4 Å². The molecule has 0 aromatic carbocycles. The number of hydrogen-bond donors (Lipinski definition) is 1. The minimum absolute atomic E-state index is 0.175. The molecule has 0 atom stereocenters. The second kappa shape index (κ2) is 7.54. The van der Waals surface area contributed by atoms with Gasteiger partial charge in [0.15, 0.2) is 0 Å². The van der Waals surface area contributed by atoms with Crippen molar-refractivity contribution in [2.75, 3.05) is 12.8 Å². The Morgan fingerprint density at radius 2 is 2.20 bits per heavy atom. The van der Waals surface area contributed by atoms with Crippen molar-refractivity contribution in [1.82, 2.24) is 10.3 Å². The summed E-state index contributed by atoms with van der Waals surface area (Å²) in [4.78, 5) is 14.7. The van der Waals surface area contributed by atoms with Crippen LogP contribution < -0.4 is 5.32 Å². The Labute approximate surface area is 123 Å². The van der Waals surface area contributed by atoms with Gasteiger partial charge in [0.25, 0.3) is 5.78 Å². The van der Waals surface area contributed by atoms with Crippen LogP contribution >= 0.6 is 23.4 Å². The van der Waals surface area contributed by atoms with Gasteiger partial charge in [-0.25, -0.2) is 4.98 Å². The van der Waals surface area contributed by atoms with Crippen LogP contribution in [0.5, 0.6) is 0 Å². The number of alkyl halides is 3. The van der Waals surface area contributed by atoms with E-state index in [2.05, 4.69) is 10.3 Å². The molecule has 0 amide bonds. The van der Waals surface area contributed by atoms with Gasteiger partial charge < -0.3 is 5.32 Å². The van der Waals surface area contributed by atoms with Crippen molar-refractivity contribution in [3.63, 3.8) is 0 Å². The predicted octanol–water partition coefficient (Wildman–Crippen LogP) is 3.20. The Balaban J connectivity index is 2.51.